The van der Waals surface area contributed by atoms with Crippen LogP contribution in [-0.2, 0) is 16.0 Å². The summed E-state index contributed by atoms with van der Waals surface area (Å²) in [5.74, 6) is 0.482. The lowest BCUT2D eigenvalue weighted by Gasteiger charge is -2.46. The van der Waals surface area contributed by atoms with Crippen molar-refractivity contribution in [2.24, 2.45) is 0 Å². The van der Waals surface area contributed by atoms with Gasteiger partial charge in [0, 0.05) is 45.3 Å². The summed E-state index contributed by atoms with van der Waals surface area (Å²) in [6, 6.07) is 7.64. The molecule has 0 amide bonds. The van der Waals surface area contributed by atoms with Crippen molar-refractivity contribution in [2.75, 3.05) is 70.6 Å². The lowest BCUT2D eigenvalue weighted by Crippen LogP contribution is -2.60. The third-order valence-corrected chi connectivity index (χ3v) is 8.36. The van der Waals surface area contributed by atoms with Gasteiger partial charge in [-0.15, -0.1) is 0 Å². The first-order chi connectivity index (χ1) is 18.6. The molecule has 3 fully saturated rings. The number of hydrogen-bond acceptors (Lipinski definition) is 10. The Hall–Kier alpha value is -2.84. The monoisotopic (exact) mass is 542 g/mol. The van der Waals surface area contributed by atoms with Crippen molar-refractivity contribution in [3.63, 3.8) is 0 Å². The molecule has 3 aromatic heterocycles. The van der Waals surface area contributed by atoms with Crippen molar-refractivity contribution in [1.29, 1.82) is 0 Å². The number of alkyl halides is 2. The molecular formula is C25H28F2N8O2S. The molecule has 0 aliphatic carbocycles. The number of fused-ring (bicyclic) bond motifs is 2. The molecule has 0 unspecified atom stereocenters. The van der Waals surface area contributed by atoms with Crippen LogP contribution >= 0.6 is 11.3 Å². The molecule has 6 heterocycles. The minimum absolute atomic E-state index is 0.189. The molecule has 4 aromatic rings. The van der Waals surface area contributed by atoms with Crippen LogP contribution in [0.25, 0.3) is 27.3 Å². The van der Waals surface area contributed by atoms with Crippen molar-refractivity contribution < 1.29 is 18.3 Å². The second-order valence-electron chi connectivity index (χ2n) is 9.80. The number of rotatable bonds is 6. The number of hydrogen-bond donors (Lipinski definition) is 0. The van der Waals surface area contributed by atoms with E-state index in [9.17, 15) is 8.78 Å². The molecule has 1 aromatic carbocycles. The maximum Gasteiger partial charge on any atom is 0.296 e. The first kappa shape index (κ1) is 24.2. The van der Waals surface area contributed by atoms with E-state index in [0.717, 1.165) is 50.9 Å². The van der Waals surface area contributed by atoms with Gasteiger partial charge in [-0.2, -0.15) is 9.97 Å². The summed E-state index contributed by atoms with van der Waals surface area (Å²) >= 11 is 1.50. The Kier molecular flexibility index (Phi) is 6.40. The number of benzene rings is 1. The second-order valence-corrected chi connectivity index (χ2v) is 10.9. The van der Waals surface area contributed by atoms with E-state index in [1.54, 1.807) is 24.3 Å². The smallest absolute Gasteiger partial charge is 0.296 e. The van der Waals surface area contributed by atoms with Gasteiger partial charge < -0.3 is 14.4 Å². The van der Waals surface area contributed by atoms with Gasteiger partial charge in [-0.25, -0.2) is 18.7 Å². The minimum Gasteiger partial charge on any atom is -0.379 e. The Morgan fingerprint density at radius 1 is 0.921 bits per heavy atom. The number of morpholine rings is 2. The van der Waals surface area contributed by atoms with Gasteiger partial charge in [-0.3, -0.25) is 14.4 Å². The highest BCUT2D eigenvalue weighted by atomic mass is 32.1. The van der Waals surface area contributed by atoms with Crippen molar-refractivity contribution in [3.8, 4) is 5.95 Å². The van der Waals surface area contributed by atoms with Gasteiger partial charge >= 0.3 is 0 Å². The zero-order valence-electron chi connectivity index (χ0n) is 20.8. The number of anilines is 1. The average molecular weight is 543 g/mol. The molecule has 0 bridgehead atoms. The predicted molar refractivity (Wildman–Crippen MR) is 139 cm³/mol. The van der Waals surface area contributed by atoms with E-state index in [-0.39, 0.29) is 11.8 Å². The highest BCUT2D eigenvalue weighted by molar-refractivity contribution is 7.18. The van der Waals surface area contributed by atoms with Crippen molar-refractivity contribution in [1.82, 2.24) is 34.3 Å². The van der Waals surface area contributed by atoms with E-state index in [0.29, 0.717) is 59.5 Å². The Balaban J connectivity index is 1.24. The first-order valence-electron chi connectivity index (χ1n) is 12.9. The Morgan fingerprint density at radius 3 is 2.42 bits per heavy atom. The predicted octanol–water partition coefficient (Wildman–Crippen LogP) is 2.72. The fourth-order valence-corrected chi connectivity index (χ4v) is 6.41. The highest BCUT2D eigenvalue weighted by Gasteiger charge is 2.33. The van der Waals surface area contributed by atoms with E-state index in [1.165, 1.54) is 15.9 Å². The summed E-state index contributed by atoms with van der Waals surface area (Å²) < 4.78 is 40.6. The molecule has 0 saturated carbocycles. The summed E-state index contributed by atoms with van der Waals surface area (Å²) in [4.78, 5) is 26.4. The summed E-state index contributed by atoms with van der Waals surface area (Å²) in [7, 11) is 0. The molecule has 7 rings (SSSR count). The molecule has 0 N–H and O–H groups in total. The Labute approximate surface area is 221 Å². The van der Waals surface area contributed by atoms with Gasteiger partial charge in [0.05, 0.1) is 44.0 Å². The van der Waals surface area contributed by atoms with E-state index >= 15 is 0 Å². The maximum atomic E-state index is 14.1. The standard InChI is InChI=1S/C25H28F2N8O2S/c26-21(27)23-28-17-3-1-2-4-18(17)35(23)25-30-22(34-7-11-37-12-8-34)20-24(31-25)38-19(29-20)15-32-13-16(14-32)33-5-9-36-10-6-33/h1-4,16,21H,5-15H2. The fourth-order valence-electron chi connectivity index (χ4n) is 5.44. The van der Waals surface area contributed by atoms with Crippen LogP contribution in [0, 0.1) is 0 Å². The molecule has 38 heavy (non-hydrogen) atoms. The van der Waals surface area contributed by atoms with Crippen LogP contribution < -0.4 is 4.90 Å². The third-order valence-electron chi connectivity index (χ3n) is 7.42. The molecule has 3 saturated heterocycles. The van der Waals surface area contributed by atoms with Gasteiger partial charge in [0.1, 0.15) is 10.5 Å². The van der Waals surface area contributed by atoms with Crippen LogP contribution in [0.2, 0.25) is 0 Å². The van der Waals surface area contributed by atoms with Crippen molar-refractivity contribution in [2.45, 2.75) is 19.0 Å². The molecule has 0 radical (unpaired) electrons. The van der Waals surface area contributed by atoms with E-state index < -0.39 is 6.43 Å². The summed E-state index contributed by atoms with van der Waals surface area (Å²) in [6.07, 6.45) is -2.77. The first-order valence-corrected chi connectivity index (χ1v) is 13.8. The fraction of sp³-hybridized carbons (Fsp3) is 0.520. The molecule has 3 aliphatic rings. The molecule has 0 spiro atoms. The van der Waals surface area contributed by atoms with Gasteiger partial charge in [0.2, 0.25) is 5.95 Å². The van der Waals surface area contributed by atoms with Gasteiger partial charge in [0.15, 0.2) is 16.5 Å². The Morgan fingerprint density at radius 2 is 1.66 bits per heavy atom. The topological polar surface area (TPSA) is 84.7 Å². The van der Waals surface area contributed by atoms with E-state index in [1.807, 2.05) is 0 Å². The number of likely N-dealkylation sites (tertiary alicyclic amines) is 1. The van der Waals surface area contributed by atoms with Gasteiger partial charge in [-0.05, 0) is 12.1 Å². The third kappa shape index (κ3) is 4.41. The summed E-state index contributed by atoms with van der Waals surface area (Å²) in [5, 5.41) is 0.950. The van der Waals surface area contributed by atoms with Crippen LogP contribution in [0.1, 0.15) is 17.3 Å². The van der Waals surface area contributed by atoms with E-state index in [2.05, 4.69) is 19.7 Å². The number of aromatic nitrogens is 5. The molecule has 3 aliphatic heterocycles. The Bertz CT molecular complexity index is 1440. The van der Waals surface area contributed by atoms with Crippen LogP contribution in [-0.4, -0.2) is 106 Å². The van der Waals surface area contributed by atoms with Crippen molar-refractivity contribution >= 4 is 38.5 Å². The quantitative estimate of drug-likeness (QED) is 0.365. The highest BCUT2D eigenvalue weighted by Crippen LogP contribution is 2.33. The van der Waals surface area contributed by atoms with Crippen LogP contribution in [0.5, 0.6) is 0 Å². The number of para-hydroxylation sites is 2. The number of imidazole rings is 1. The zero-order chi connectivity index (χ0) is 25.6. The van der Waals surface area contributed by atoms with Gasteiger partial charge in [-0.1, -0.05) is 23.5 Å². The number of nitrogens with zero attached hydrogens (tertiary/aromatic N) is 8. The minimum atomic E-state index is -2.77. The summed E-state index contributed by atoms with van der Waals surface area (Å²) in [6.45, 7) is 8.78. The van der Waals surface area contributed by atoms with Gasteiger partial charge in [0.25, 0.3) is 6.43 Å². The summed E-state index contributed by atoms with van der Waals surface area (Å²) in [5.41, 5.74) is 1.75. The molecule has 10 nitrogen and oxygen atoms in total. The lowest BCUT2D eigenvalue weighted by atomic mass is 10.1. The zero-order valence-corrected chi connectivity index (χ0v) is 21.6. The number of halogens is 2. The molecular weight excluding hydrogens is 514 g/mol. The lowest BCUT2D eigenvalue weighted by molar-refractivity contribution is -0.0344. The van der Waals surface area contributed by atoms with Crippen LogP contribution in [0.4, 0.5) is 14.6 Å². The normalized spacial score (nSPS) is 20.1. The molecule has 13 heteroatoms. The SMILES string of the molecule is FC(F)c1nc2ccccc2n1-c1nc(N2CCOCC2)c2nc(CN3CC(N4CCOCC4)C3)sc2n1. The second kappa shape index (κ2) is 10.0. The van der Waals surface area contributed by atoms with Crippen LogP contribution in [0.3, 0.4) is 0 Å². The average Bonchev–Trinajstić information content (AvgIpc) is 3.52. The van der Waals surface area contributed by atoms with Crippen molar-refractivity contribution in [3.05, 3.63) is 35.1 Å². The molecule has 200 valence electrons. The number of ether oxygens (including phenoxy) is 2. The maximum absolute atomic E-state index is 14.1. The van der Waals surface area contributed by atoms with E-state index in [4.69, 9.17) is 24.4 Å². The number of thiazole rings is 1. The van der Waals surface area contributed by atoms with Crippen LogP contribution in [0.15, 0.2) is 24.3 Å². The molecule has 0 atom stereocenters. The largest absolute Gasteiger partial charge is 0.379 e.